The summed E-state index contributed by atoms with van der Waals surface area (Å²) in [4.78, 5) is 24.1. The van der Waals surface area contributed by atoms with Gasteiger partial charge in [0.1, 0.15) is 10.7 Å². The maximum atomic E-state index is 14.6. The van der Waals surface area contributed by atoms with Crippen LogP contribution in [0.1, 0.15) is 32.6 Å². The first-order valence-electron chi connectivity index (χ1n) is 8.39. The summed E-state index contributed by atoms with van der Waals surface area (Å²) in [5.74, 6) is 4.83. The lowest BCUT2D eigenvalue weighted by atomic mass is 10.2. The Morgan fingerprint density at radius 1 is 1.31 bits per heavy atom. The molecular weight excluding hydrogens is 363 g/mol. The van der Waals surface area contributed by atoms with E-state index in [9.17, 15) is 22.4 Å². The van der Waals surface area contributed by atoms with Crippen LogP contribution < -0.4 is 21.8 Å². The zero-order valence-electron chi connectivity index (χ0n) is 14.2. The second-order valence-corrected chi connectivity index (χ2v) is 9.13. The van der Waals surface area contributed by atoms with Gasteiger partial charge in [-0.25, -0.2) is 22.3 Å². The van der Waals surface area contributed by atoms with Crippen LogP contribution in [0.3, 0.4) is 0 Å². The number of nitrogens with zero attached hydrogens (tertiary/aromatic N) is 2. The van der Waals surface area contributed by atoms with Gasteiger partial charge in [0, 0.05) is 12.1 Å². The van der Waals surface area contributed by atoms with Crippen molar-refractivity contribution in [1.82, 2.24) is 14.0 Å². The first-order chi connectivity index (χ1) is 12.1. The highest BCUT2D eigenvalue weighted by Crippen LogP contribution is 2.36. The molecule has 0 aliphatic heterocycles. The standard InChI is InChI=1S/C16H19FN4O4S/c1-16(4-5-16)19-26(24,25)13-6-10-12(7-11(13)17)20(8-9-2-3-9)15(23)21(18)14(10)22/h6-7,9,19H,2-5,8,18H2,1H3. The average Bonchev–Trinajstić information content (AvgIpc) is 3.47. The van der Waals surface area contributed by atoms with Crippen LogP contribution in [0.15, 0.2) is 26.6 Å². The van der Waals surface area contributed by atoms with E-state index in [1.807, 2.05) is 0 Å². The second-order valence-electron chi connectivity index (χ2n) is 7.48. The Kier molecular flexibility index (Phi) is 3.58. The Hall–Kier alpha value is -2.20. The summed E-state index contributed by atoms with van der Waals surface area (Å²) in [7, 11) is -4.14. The summed E-state index contributed by atoms with van der Waals surface area (Å²) in [6.45, 7) is 2.04. The fourth-order valence-electron chi connectivity index (χ4n) is 3.00. The molecule has 0 unspecified atom stereocenters. The molecule has 8 nitrogen and oxygen atoms in total. The van der Waals surface area contributed by atoms with Gasteiger partial charge in [0.2, 0.25) is 10.0 Å². The molecule has 2 aliphatic carbocycles. The number of sulfonamides is 1. The molecule has 0 amide bonds. The molecule has 2 aromatic rings. The van der Waals surface area contributed by atoms with Crippen LogP contribution in [0.2, 0.25) is 0 Å². The van der Waals surface area contributed by atoms with E-state index in [0.29, 0.717) is 24.1 Å². The average molecular weight is 382 g/mol. The minimum Gasteiger partial charge on any atom is -0.332 e. The molecular formula is C16H19FN4O4S. The molecule has 4 rings (SSSR count). The molecule has 0 radical (unpaired) electrons. The Bertz CT molecular complexity index is 1140. The lowest BCUT2D eigenvalue weighted by Crippen LogP contribution is -2.45. The van der Waals surface area contributed by atoms with Crippen molar-refractivity contribution in [3.63, 3.8) is 0 Å². The number of fused-ring (bicyclic) bond motifs is 1. The molecule has 0 atom stereocenters. The Balaban J connectivity index is 1.94. The van der Waals surface area contributed by atoms with E-state index in [1.54, 1.807) is 6.92 Å². The topological polar surface area (TPSA) is 116 Å². The van der Waals surface area contributed by atoms with E-state index in [1.165, 1.54) is 4.57 Å². The van der Waals surface area contributed by atoms with Crippen LogP contribution in [-0.4, -0.2) is 23.2 Å². The highest BCUT2D eigenvalue weighted by atomic mass is 32.2. The lowest BCUT2D eigenvalue weighted by Gasteiger charge is -2.15. The van der Waals surface area contributed by atoms with Crippen LogP contribution in [0.4, 0.5) is 4.39 Å². The number of hydrogen-bond donors (Lipinski definition) is 2. The third-order valence-electron chi connectivity index (χ3n) is 5.04. The maximum Gasteiger partial charge on any atom is 0.350 e. The van der Waals surface area contributed by atoms with Crippen LogP contribution in [-0.2, 0) is 16.6 Å². The van der Waals surface area contributed by atoms with Crippen molar-refractivity contribution in [1.29, 1.82) is 0 Å². The summed E-state index contributed by atoms with van der Waals surface area (Å²) >= 11 is 0. The maximum absolute atomic E-state index is 14.6. The van der Waals surface area contributed by atoms with E-state index in [-0.39, 0.29) is 16.8 Å². The predicted octanol–water partition coefficient (Wildman–Crippen LogP) is 0.257. The fraction of sp³-hybridized carbons (Fsp3) is 0.500. The Labute approximate surface area is 148 Å². The molecule has 2 saturated carbocycles. The number of nitrogen functional groups attached to an aromatic ring is 1. The van der Waals surface area contributed by atoms with Gasteiger partial charge < -0.3 is 5.84 Å². The van der Waals surface area contributed by atoms with Gasteiger partial charge in [-0.3, -0.25) is 9.36 Å². The van der Waals surface area contributed by atoms with Crippen molar-refractivity contribution < 1.29 is 12.8 Å². The molecule has 10 heteroatoms. The van der Waals surface area contributed by atoms with Crippen molar-refractivity contribution in [3.8, 4) is 0 Å². The smallest absolute Gasteiger partial charge is 0.332 e. The van der Waals surface area contributed by atoms with E-state index in [4.69, 9.17) is 5.84 Å². The molecule has 2 aliphatic rings. The largest absolute Gasteiger partial charge is 0.350 e. The molecule has 2 fully saturated rings. The van der Waals surface area contributed by atoms with Gasteiger partial charge in [-0.2, -0.15) is 4.68 Å². The number of benzene rings is 1. The monoisotopic (exact) mass is 382 g/mol. The van der Waals surface area contributed by atoms with E-state index >= 15 is 0 Å². The van der Waals surface area contributed by atoms with Crippen molar-refractivity contribution >= 4 is 20.9 Å². The number of hydrogen-bond acceptors (Lipinski definition) is 5. The summed E-state index contributed by atoms with van der Waals surface area (Å²) < 4.78 is 43.8. The van der Waals surface area contributed by atoms with Crippen molar-refractivity contribution in [3.05, 3.63) is 38.8 Å². The molecule has 26 heavy (non-hydrogen) atoms. The third kappa shape index (κ3) is 2.82. The van der Waals surface area contributed by atoms with Gasteiger partial charge in [0.25, 0.3) is 5.56 Å². The summed E-state index contributed by atoms with van der Waals surface area (Å²) in [5, 5.41) is -0.101. The molecule has 1 aromatic heterocycles. The Morgan fingerprint density at radius 3 is 2.54 bits per heavy atom. The first kappa shape index (κ1) is 17.2. The molecule has 0 spiro atoms. The van der Waals surface area contributed by atoms with Crippen LogP contribution in [0.25, 0.3) is 10.9 Å². The van der Waals surface area contributed by atoms with Gasteiger partial charge in [-0.15, -0.1) is 0 Å². The summed E-state index contributed by atoms with van der Waals surface area (Å²) in [6, 6.07) is 1.90. The number of nitrogens with two attached hydrogens (primary N) is 1. The zero-order valence-corrected chi connectivity index (χ0v) is 15.0. The van der Waals surface area contributed by atoms with Gasteiger partial charge in [-0.1, -0.05) is 0 Å². The normalized spacial score (nSPS) is 19.0. The zero-order chi connectivity index (χ0) is 18.9. The Morgan fingerprint density at radius 2 is 1.96 bits per heavy atom. The number of aromatic nitrogens is 2. The lowest BCUT2D eigenvalue weighted by molar-refractivity contribution is 0.539. The van der Waals surface area contributed by atoms with E-state index in [0.717, 1.165) is 25.0 Å². The fourth-order valence-corrected chi connectivity index (χ4v) is 4.55. The van der Waals surface area contributed by atoms with Crippen LogP contribution in [0.5, 0.6) is 0 Å². The molecule has 1 aromatic carbocycles. The molecule has 1 heterocycles. The van der Waals surface area contributed by atoms with E-state index < -0.39 is 37.5 Å². The predicted molar refractivity (Wildman–Crippen MR) is 93.3 cm³/mol. The van der Waals surface area contributed by atoms with Crippen molar-refractivity contribution in [2.24, 2.45) is 5.92 Å². The van der Waals surface area contributed by atoms with E-state index in [2.05, 4.69) is 4.72 Å². The second kappa shape index (κ2) is 5.40. The third-order valence-corrected chi connectivity index (χ3v) is 6.69. The van der Waals surface area contributed by atoms with Crippen molar-refractivity contribution in [2.75, 3.05) is 5.84 Å². The highest BCUT2D eigenvalue weighted by molar-refractivity contribution is 7.89. The number of rotatable bonds is 5. The minimum absolute atomic E-state index is 0.0580. The quantitative estimate of drug-likeness (QED) is 0.720. The summed E-state index contributed by atoms with van der Waals surface area (Å²) in [5.41, 5.74) is -2.12. The number of nitrogens with one attached hydrogen (secondary N) is 1. The van der Waals surface area contributed by atoms with Crippen molar-refractivity contribution in [2.45, 2.75) is 49.6 Å². The SMILES string of the molecule is CC1(NS(=O)(=O)c2cc3c(=O)n(N)c(=O)n(CC4CC4)c3cc2F)CC1. The number of halogens is 1. The molecule has 0 bridgehead atoms. The summed E-state index contributed by atoms with van der Waals surface area (Å²) in [6.07, 6.45) is 3.21. The van der Waals surface area contributed by atoms with Crippen LogP contribution >= 0.6 is 0 Å². The molecule has 3 N–H and O–H groups in total. The van der Waals surface area contributed by atoms with Crippen LogP contribution in [0, 0.1) is 11.7 Å². The highest BCUT2D eigenvalue weighted by Gasteiger charge is 2.42. The van der Waals surface area contributed by atoms with Gasteiger partial charge in [0.15, 0.2) is 0 Å². The van der Waals surface area contributed by atoms with Gasteiger partial charge in [0.05, 0.1) is 10.9 Å². The first-order valence-corrected chi connectivity index (χ1v) is 9.88. The van der Waals surface area contributed by atoms with Gasteiger partial charge in [-0.05, 0) is 50.7 Å². The molecule has 140 valence electrons. The molecule has 0 saturated heterocycles. The minimum atomic E-state index is -4.14. The van der Waals surface area contributed by atoms with Gasteiger partial charge >= 0.3 is 5.69 Å².